The molecule has 0 aliphatic carbocycles. The zero-order chi connectivity index (χ0) is 15.1. The first-order chi connectivity index (χ1) is 10.0. The maximum absolute atomic E-state index is 4.65. The standard InChI is InChI=1S/C18H21N3/c1-6-15-7-11(2)17(12(3)8-15)21-10-13(4)16-9-19-14(5)20-18(16)21/h7-10H,6H2,1-5H3. The van der Waals surface area contributed by atoms with E-state index < -0.39 is 0 Å². The third kappa shape index (κ3) is 2.23. The third-order valence-corrected chi connectivity index (χ3v) is 4.06. The highest BCUT2D eigenvalue weighted by molar-refractivity contribution is 5.81. The topological polar surface area (TPSA) is 30.7 Å². The van der Waals surface area contributed by atoms with E-state index in [9.17, 15) is 0 Å². The lowest BCUT2D eigenvalue weighted by Crippen LogP contribution is -2.02. The van der Waals surface area contributed by atoms with E-state index in [4.69, 9.17) is 0 Å². The number of aryl methyl sites for hydroxylation is 5. The molecule has 0 aliphatic heterocycles. The molecule has 0 fully saturated rings. The lowest BCUT2D eigenvalue weighted by molar-refractivity contribution is 1.00. The second-order valence-electron chi connectivity index (χ2n) is 5.77. The Bertz CT molecular complexity index is 805. The lowest BCUT2D eigenvalue weighted by atomic mass is 10.0. The minimum Gasteiger partial charge on any atom is -0.300 e. The van der Waals surface area contributed by atoms with Crippen LogP contribution < -0.4 is 0 Å². The molecule has 0 N–H and O–H groups in total. The molecular formula is C18H21N3. The highest BCUT2D eigenvalue weighted by Crippen LogP contribution is 2.27. The molecule has 0 atom stereocenters. The van der Waals surface area contributed by atoms with E-state index in [0.717, 1.165) is 23.3 Å². The summed E-state index contributed by atoms with van der Waals surface area (Å²) in [4.78, 5) is 8.97. The maximum Gasteiger partial charge on any atom is 0.148 e. The fraction of sp³-hybridized carbons (Fsp3) is 0.333. The summed E-state index contributed by atoms with van der Waals surface area (Å²) in [7, 11) is 0. The Balaban J connectivity index is 2.33. The van der Waals surface area contributed by atoms with E-state index in [-0.39, 0.29) is 0 Å². The van der Waals surface area contributed by atoms with Crippen LogP contribution in [0.15, 0.2) is 24.5 Å². The van der Waals surface area contributed by atoms with Crippen LogP contribution in [0.5, 0.6) is 0 Å². The van der Waals surface area contributed by atoms with Crippen molar-refractivity contribution in [2.24, 2.45) is 0 Å². The van der Waals surface area contributed by atoms with E-state index in [1.54, 1.807) is 0 Å². The van der Waals surface area contributed by atoms with Gasteiger partial charge in [0.15, 0.2) is 0 Å². The molecule has 0 bridgehead atoms. The predicted octanol–water partition coefficient (Wildman–Crippen LogP) is 4.22. The minimum atomic E-state index is 0.808. The van der Waals surface area contributed by atoms with Gasteiger partial charge in [0.25, 0.3) is 0 Å². The number of hydrogen-bond acceptors (Lipinski definition) is 2. The van der Waals surface area contributed by atoms with Gasteiger partial charge >= 0.3 is 0 Å². The van der Waals surface area contributed by atoms with Gasteiger partial charge in [-0.1, -0.05) is 19.1 Å². The summed E-state index contributed by atoms with van der Waals surface area (Å²) < 4.78 is 2.21. The fourth-order valence-electron chi connectivity index (χ4n) is 3.04. The highest BCUT2D eigenvalue weighted by Gasteiger charge is 2.13. The quantitative estimate of drug-likeness (QED) is 0.703. The van der Waals surface area contributed by atoms with Crippen molar-refractivity contribution in [3.05, 3.63) is 52.6 Å². The molecule has 0 unspecified atom stereocenters. The van der Waals surface area contributed by atoms with Crippen molar-refractivity contribution in [2.75, 3.05) is 0 Å². The number of fused-ring (bicyclic) bond motifs is 1. The zero-order valence-electron chi connectivity index (χ0n) is 13.4. The largest absolute Gasteiger partial charge is 0.300 e. The lowest BCUT2D eigenvalue weighted by Gasteiger charge is -2.14. The van der Waals surface area contributed by atoms with Gasteiger partial charge in [-0.05, 0) is 56.4 Å². The van der Waals surface area contributed by atoms with Gasteiger partial charge in [0.1, 0.15) is 11.5 Å². The second-order valence-corrected chi connectivity index (χ2v) is 5.77. The van der Waals surface area contributed by atoms with E-state index >= 15 is 0 Å². The number of hydrogen-bond donors (Lipinski definition) is 0. The Hall–Kier alpha value is -2.16. The smallest absolute Gasteiger partial charge is 0.148 e. The number of benzene rings is 1. The Morgan fingerprint density at radius 2 is 1.67 bits per heavy atom. The van der Waals surface area contributed by atoms with E-state index in [1.165, 1.54) is 27.9 Å². The van der Waals surface area contributed by atoms with Crippen LogP contribution in [0, 0.1) is 27.7 Å². The first kappa shape index (κ1) is 13.8. The van der Waals surface area contributed by atoms with Gasteiger partial charge in [-0.3, -0.25) is 0 Å². The van der Waals surface area contributed by atoms with Crippen molar-refractivity contribution in [2.45, 2.75) is 41.0 Å². The third-order valence-electron chi connectivity index (χ3n) is 4.06. The molecule has 1 aromatic carbocycles. The van der Waals surface area contributed by atoms with Crippen molar-refractivity contribution >= 4 is 11.0 Å². The molecule has 3 nitrogen and oxygen atoms in total. The van der Waals surface area contributed by atoms with Gasteiger partial charge in [0.05, 0.1) is 5.69 Å². The van der Waals surface area contributed by atoms with Crippen molar-refractivity contribution < 1.29 is 0 Å². The molecule has 108 valence electrons. The fourth-order valence-corrected chi connectivity index (χ4v) is 3.04. The summed E-state index contributed by atoms with van der Waals surface area (Å²) in [5.41, 5.74) is 7.41. The molecule has 0 spiro atoms. The van der Waals surface area contributed by atoms with Crippen LogP contribution in [-0.2, 0) is 6.42 Å². The molecule has 0 aliphatic rings. The van der Waals surface area contributed by atoms with Crippen molar-refractivity contribution in [1.29, 1.82) is 0 Å². The molecule has 2 aromatic heterocycles. The SMILES string of the molecule is CCc1cc(C)c(-n2cc(C)c3cnc(C)nc32)c(C)c1. The van der Waals surface area contributed by atoms with Gasteiger partial charge in [-0.15, -0.1) is 0 Å². The molecule has 0 radical (unpaired) electrons. The van der Waals surface area contributed by atoms with Crippen molar-refractivity contribution in [3.8, 4) is 5.69 Å². The summed E-state index contributed by atoms with van der Waals surface area (Å²) in [6.07, 6.45) is 5.16. The van der Waals surface area contributed by atoms with Crippen LogP contribution in [-0.4, -0.2) is 14.5 Å². The zero-order valence-corrected chi connectivity index (χ0v) is 13.4. The van der Waals surface area contributed by atoms with Crippen LogP contribution in [0.25, 0.3) is 16.7 Å². The molecule has 0 saturated heterocycles. The summed E-state index contributed by atoms with van der Waals surface area (Å²) in [5.74, 6) is 0.808. The van der Waals surface area contributed by atoms with Crippen LogP contribution >= 0.6 is 0 Å². The summed E-state index contributed by atoms with van der Waals surface area (Å²) >= 11 is 0. The molecule has 3 aromatic rings. The second kappa shape index (κ2) is 4.99. The monoisotopic (exact) mass is 279 g/mol. The normalized spacial score (nSPS) is 11.3. The van der Waals surface area contributed by atoms with Crippen LogP contribution in [0.3, 0.4) is 0 Å². The van der Waals surface area contributed by atoms with E-state index in [2.05, 4.69) is 60.6 Å². The molecule has 3 rings (SSSR count). The van der Waals surface area contributed by atoms with Crippen LogP contribution in [0.4, 0.5) is 0 Å². The summed E-state index contributed by atoms with van der Waals surface area (Å²) in [6, 6.07) is 4.55. The number of aromatic nitrogens is 3. The molecule has 0 saturated carbocycles. The maximum atomic E-state index is 4.65. The first-order valence-corrected chi connectivity index (χ1v) is 7.43. The molecule has 0 amide bonds. The first-order valence-electron chi connectivity index (χ1n) is 7.43. The van der Waals surface area contributed by atoms with E-state index in [1.807, 2.05) is 13.1 Å². The molecular weight excluding hydrogens is 258 g/mol. The van der Waals surface area contributed by atoms with Gasteiger partial charge in [0.2, 0.25) is 0 Å². The van der Waals surface area contributed by atoms with Gasteiger partial charge in [0, 0.05) is 17.8 Å². The summed E-state index contributed by atoms with van der Waals surface area (Å²) in [6.45, 7) is 10.6. The average molecular weight is 279 g/mol. The minimum absolute atomic E-state index is 0.808. The number of nitrogens with zero attached hydrogens (tertiary/aromatic N) is 3. The van der Waals surface area contributed by atoms with Gasteiger partial charge < -0.3 is 4.57 Å². The highest BCUT2D eigenvalue weighted by atomic mass is 15.1. The Morgan fingerprint density at radius 1 is 1.00 bits per heavy atom. The van der Waals surface area contributed by atoms with Gasteiger partial charge in [-0.25, -0.2) is 9.97 Å². The molecule has 2 heterocycles. The molecule has 21 heavy (non-hydrogen) atoms. The Labute approximate surface area is 125 Å². The Kier molecular flexibility index (Phi) is 3.28. The average Bonchev–Trinajstić information content (AvgIpc) is 2.74. The van der Waals surface area contributed by atoms with Crippen LogP contribution in [0.2, 0.25) is 0 Å². The van der Waals surface area contributed by atoms with Crippen LogP contribution in [0.1, 0.15) is 35.0 Å². The summed E-state index contributed by atoms with van der Waals surface area (Å²) in [5, 5.41) is 1.12. The van der Waals surface area contributed by atoms with Gasteiger partial charge in [-0.2, -0.15) is 0 Å². The predicted molar refractivity (Wildman–Crippen MR) is 87.2 cm³/mol. The van der Waals surface area contributed by atoms with E-state index in [0.29, 0.717) is 0 Å². The van der Waals surface area contributed by atoms with Crippen molar-refractivity contribution in [1.82, 2.24) is 14.5 Å². The molecule has 3 heteroatoms. The number of rotatable bonds is 2. The van der Waals surface area contributed by atoms with Crippen molar-refractivity contribution in [3.63, 3.8) is 0 Å². The Morgan fingerprint density at radius 3 is 2.29 bits per heavy atom.